The van der Waals surface area contributed by atoms with E-state index in [1.54, 1.807) is 25.1 Å². The molecule has 0 aliphatic heterocycles. The summed E-state index contributed by atoms with van der Waals surface area (Å²) in [6.45, 7) is 1.67. The Morgan fingerprint density at radius 2 is 2.31 bits per heavy atom. The van der Waals surface area contributed by atoms with Gasteiger partial charge in [0.2, 0.25) is 0 Å². The van der Waals surface area contributed by atoms with Crippen LogP contribution in [-0.4, -0.2) is 0 Å². The minimum atomic E-state index is -0.318. The van der Waals surface area contributed by atoms with Crippen molar-refractivity contribution in [3.63, 3.8) is 0 Å². The molecular weight excluding hydrogens is 189 g/mol. The minimum absolute atomic E-state index is 0.251. The zero-order valence-electron chi connectivity index (χ0n) is 7.01. The normalized spacial score (nSPS) is 11.1. The average molecular weight is 196 g/mol. The Morgan fingerprint density at radius 3 is 2.85 bits per heavy atom. The molecule has 66 valence electrons. The van der Waals surface area contributed by atoms with Crippen molar-refractivity contribution in [2.45, 2.75) is 6.92 Å². The largest absolute Gasteiger partial charge is 0.207 e. The number of allylic oxidation sites excluding steroid dienone is 1. The van der Waals surface area contributed by atoms with E-state index in [4.69, 9.17) is 16.9 Å². The van der Waals surface area contributed by atoms with Crippen molar-refractivity contribution in [2.24, 2.45) is 0 Å². The predicted octanol–water partition coefficient (Wildman–Crippen LogP) is 3.24. The van der Waals surface area contributed by atoms with E-state index in [9.17, 15) is 4.39 Å². The smallest absolute Gasteiger partial charge is 0.126 e. The van der Waals surface area contributed by atoms with Gasteiger partial charge in [-0.05, 0) is 24.1 Å². The van der Waals surface area contributed by atoms with Gasteiger partial charge in [-0.1, -0.05) is 23.7 Å². The number of benzene rings is 1. The Balaban J connectivity index is 3.13. The van der Waals surface area contributed by atoms with Gasteiger partial charge in [-0.3, -0.25) is 0 Å². The first-order chi connectivity index (χ1) is 6.15. The van der Waals surface area contributed by atoms with Gasteiger partial charge in [-0.15, -0.1) is 0 Å². The van der Waals surface area contributed by atoms with Crippen molar-refractivity contribution >= 4 is 16.6 Å². The van der Waals surface area contributed by atoms with Crippen molar-refractivity contribution in [2.75, 3.05) is 0 Å². The number of rotatable bonds is 1. The van der Waals surface area contributed by atoms with Crippen LogP contribution in [0.1, 0.15) is 11.1 Å². The molecule has 0 heterocycles. The van der Waals surface area contributed by atoms with Crippen molar-refractivity contribution in [1.82, 2.24) is 0 Å². The number of nitriles is 1. The summed E-state index contributed by atoms with van der Waals surface area (Å²) in [7, 11) is 0. The lowest BCUT2D eigenvalue weighted by Gasteiger charge is -1.99. The quantitative estimate of drug-likeness (QED) is 0.631. The average Bonchev–Trinajstić information content (AvgIpc) is 2.10. The van der Waals surface area contributed by atoms with Crippen LogP contribution in [0, 0.1) is 24.1 Å². The van der Waals surface area contributed by atoms with Crippen LogP contribution < -0.4 is 0 Å². The summed E-state index contributed by atoms with van der Waals surface area (Å²) in [6.07, 6.45) is 1.17. The number of nitrogens with zero attached hydrogens (tertiary/aromatic N) is 1. The highest BCUT2D eigenvalue weighted by molar-refractivity contribution is 6.48. The van der Waals surface area contributed by atoms with Gasteiger partial charge in [0.15, 0.2) is 0 Å². The first-order valence-electron chi connectivity index (χ1n) is 3.67. The minimum Gasteiger partial charge on any atom is -0.207 e. The van der Waals surface area contributed by atoms with Crippen LogP contribution >= 0.6 is 11.6 Å². The summed E-state index contributed by atoms with van der Waals surface area (Å²) in [5.41, 5.74) is 1.08. The lowest BCUT2D eigenvalue weighted by Crippen LogP contribution is -1.84. The van der Waals surface area contributed by atoms with E-state index in [1.807, 2.05) is 0 Å². The van der Waals surface area contributed by atoms with Gasteiger partial charge in [0.05, 0.1) is 11.1 Å². The third-order valence-corrected chi connectivity index (χ3v) is 1.97. The molecule has 0 fully saturated rings. The molecule has 0 spiro atoms. The molecule has 0 aliphatic rings. The number of hydrogen-bond donors (Lipinski definition) is 0. The van der Waals surface area contributed by atoms with Crippen LogP contribution in [-0.2, 0) is 0 Å². The maximum absolute atomic E-state index is 13.0. The molecule has 1 nitrogen and oxygen atoms in total. The zero-order chi connectivity index (χ0) is 9.84. The maximum Gasteiger partial charge on any atom is 0.126 e. The molecule has 0 atom stereocenters. The van der Waals surface area contributed by atoms with Gasteiger partial charge in [0.1, 0.15) is 5.82 Å². The van der Waals surface area contributed by atoms with Gasteiger partial charge in [-0.25, -0.2) is 4.39 Å². The van der Waals surface area contributed by atoms with Crippen molar-refractivity contribution < 1.29 is 4.39 Å². The highest BCUT2D eigenvalue weighted by atomic mass is 35.5. The summed E-state index contributed by atoms with van der Waals surface area (Å²) >= 11 is 5.70. The Labute approximate surface area is 81.1 Å². The topological polar surface area (TPSA) is 23.8 Å². The molecular formula is C10H7ClFN. The van der Waals surface area contributed by atoms with E-state index in [2.05, 4.69) is 0 Å². The second-order valence-electron chi connectivity index (χ2n) is 2.59. The molecule has 13 heavy (non-hydrogen) atoms. The highest BCUT2D eigenvalue weighted by Crippen LogP contribution is 2.20. The molecule has 0 amide bonds. The molecule has 0 unspecified atom stereocenters. The highest BCUT2D eigenvalue weighted by Gasteiger charge is 2.01. The lowest BCUT2D eigenvalue weighted by molar-refractivity contribution is 0.618. The number of halogens is 2. The third-order valence-electron chi connectivity index (χ3n) is 1.64. The van der Waals surface area contributed by atoms with E-state index in [-0.39, 0.29) is 10.8 Å². The van der Waals surface area contributed by atoms with Crippen molar-refractivity contribution in [3.8, 4) is 6.07 Å². The van der Waals surface area contributed by atoms with Crippen LogP contribution in [0.2, 0.25) is 0 Å². The molecule has 0 radical (unpaired) electrons. The number of hydrogen-bond acceptors (Lipinski definition) is 1. The van der Waals surface area contributed by atoms with Gasteiger partial charge < -0.3 is 0 Å². The molecule has 0 aliphatic carbocycles. The van der Waals surface area contributed by atoms with Gasteiger partial charge >= 0.3 is 0 Å². The van der Waals surface area contributed by atoms with Gasteiger partial charge in [-0.2, -0.15) is 5.26 Å². The summed E-state index contributed by atoms with van der Waals surface area (Å²) in [5.74, 6) is -0.318. The van der Waals surface area contributed by atoms with Crippen LogP contribution in [0.15, 0.2) is 24.3 Å². The Bertz CT molecular complexity index is 390. The summed E-state index contributed by atoms with van der Waals surface area (Å²) in [5, 5.41) is 8.57. The lowest BCUT2D eigenvalue weighted by atomic mass is 10.1. The summed E-state index contributed by atoms with van der Waals surface area (Å²) in [6, 6.07) is 6.39. The van der Waals surface area contributed by atoms with Crippen LogP contribution in [0.25, 0.3) is 5.03 Å². The monoisotopic (exact) mass is 195 g/mol. The fraction of sp³-hybridized carbons (Fsp3) is 0.100. The van der Waals surface area contributed by atoms with Crippen molar-refractivity contribution in [1.29, 1.82) is 5.26 Å². The van der Waals surface area contributed by atoms with E-state index in [0.29, 0.717) is 11.1 Å². The van der Waals surface area contributed by atoms with E-state index in [1.165, 1.54) is 12.1 Å². The fourth-order valence-electron chi connectivity index (χ4n) is 0.881. The molecule has 0 saturated carbocycles. The van der Waals surface area contributed by atoms with Crippen molar-refractivity contribution in [3.05, 3.63) is 41.2 Å². The van der Waals surface area contributed by atoms with E-state index >= 15 is 0 Å². The molecule has 1 aromatic carbocycles. The molecule has 1 aromatic rings. The van der Waals surface area contributed by atoms with Crippen LogP contribution in [0.3, 0.4) is 0 Å². The zero-order valence-corrected chi connectivity index (χ0v) is 7.77. The molecule has 1 rings (SSSR count). The summed E-state index contributed by atoms with van der Waals surface area (Å²) < 4.78 is 13.0. The SMILES string of the molecule is Cc1ccc(/C(Cl)=C/C#N)cc1F. The molecule has 0 bridgehead atoms. The van der Waals surface area contributed by atoms with E-state index in [0.717, 1.165) is 0 Å². The van der Waals surface area contributed by atoms with Crippen LogP contribution in [0.4, 0.5) is 4.39 Å². The molecule has 0 saturated heterocycles. The fourth-order valence-corrected chi connectivity index (χ4v) is 1.05. The number of aryl methyl sites for hydroxylation is 1. The van der Waals surface area contributed by atoms with Gasteiger partial charge in [0.25, 0.3) is 0 Å². The molecule has 3 heteroatoms. The van der Waals surface area contributed by atoms with Gasteiger partial charge in [0, 0.05) is 6.08 Å². The van der Waals surface area contributed by atoms with Crippen LogP contribution in [0.5, 0.6) is 0 Å². The molecule has 0 N–H and O–H groups in total. The maximum atomic E-state index is 13.0. The second-order valence-corrected chi connectivity index (χ2v) is 2.99. The Hall–Kier alpha value is -1.33. The van der Waals surface area contributed by atoms with E-state index < -0.39 is 0 Å². The second kappa shape index (κ2) is 4.06. The Kier molecular flexibility index (Phi) is 3.05. The third kappa shape index (κ3) is 2.30. The standard InChI is InChI=1S/C10H7ClFN/c1-7-2-3-8(6-10(7)12)9(11)4-5-13/h2-4,6H,1H3/b9-4-. The first kappa shape index (κ1) is 9.76. The Morgan fingerprint density at radius 1 is 1.62 bits per heavy atom. The summed E-state index contributed by atoms with van der Waals surface area (Å²) in [4.78, 5) is 0. The predicted molar refractivity (Wildman–Crippen MR) is 50.6 cm³/mol. The molecule has 0 aromatic heterocycles. The first-order valence-corrected chi connectivity index (χ1v) is 4.04.